The molecule has 0 aliphatic heterocycles. The number of nitrogens with zero attached hydrogens (tertiary/aromatic N) is 4. The molecular weight excluding hydrogens is 406 g/mol. The van der Waals surface area contributed by atoms with Crippen LogP contribution in [0.15, 0.2) is 47.4 Å². The van der Waals surface area contributed by atoms with Crippen LogP contribution in [-0.4, -0.2) is 55.6 Å². The van der Waals surface area contributed by atoms with E-state index in [0.29, 0.717) is 22.8 Å². The van der Waals surface area contributed by atoms with Crippen molar-refractivity contribution in [3.8, 4) is 17.1 Å². The smallest absolute Gasteiger partial charge is 0.240 e. The Morgan fingerprint density at radius 2 is 1.83 bits per heavy atom. The van der Waals surface area contributed by atoms with E-state index >= 15 is 0 Å². The van der Waals surface area contributed by atoms with Gasteiger partial charge in [-0.2, -0.15) is 9.61 Å². The summed E-state index contributed by atoms with van der Waals surface area (Å²) in [5, 5.41) is 15.1. The Kier molecular flexibility index (Phi) is 5.37. The van der Waals surface area contributed by atoms with Crippen molar-refractivity contribution < 1.29 is 17.9 Å². The maximum Gasteiger partial charge on any atom is 0.240 e. The molecule has 9 nitrogen and oxygen atoms in total. The Hall–Kier alpha value is -3.08. The lowest BCUT2D eigenvalue weighted by atomic mass is 10.1. The zero-order chi connectivity index (χ0) is 21.3. The topological polar surface area (TPSA) is 108 Å². The quantitative estimate of drug-likeness (QED) is 0.451. The molecule has 0 amide bonds. The first kappa shape index (κ1) is 20.2. The molecule has 0 aliphatic carbocycles. The molecule has 0 fully saturated rings. The number of fused-ring (bicyclic) bond motifs is 3. The van der Waals surface area contributed by atoms with Gasteiger partial charge < -0.3 is 9.47 Å². The van der Waals surface area contributed by atoms with Gasteiger partial charge in [0.2, 0.25) is 10.0 Å². The predicted octanol–water partition coefficient (Wildman–Crippen LogP) is 2.19. The average Bonchev–Trinajstić information content (AvgIpc) is 3.17. The number of ether oxygens (including phenoxy) is 2. The Morgan fingerprint density at radius 1 is 1.07 bits per heavy atom. The maximum atomic E-state index is 12.7. The van der Waals surface area contributed by atoms with Crippen LogP contribution in [0, 0.1) is 6.92 Å². The number of hydrogen-bond donors (Lipinski definition) is 1. The van der Waals surface area contributed by atoms with E-state index in [0.717, 1.165) is 16.5 Å². The van der Waals surface area contributed by atoms with Gasteiger partial charge in [0.1, 0.15) is 5.75 Å². The monoisotopic (exact) mass is 427 g/mol. The molecule has 1 N–H and O–H groups in total. The zero-order valence-electron chi connectivity index (χ0n) is 16.8. The van der Waals surface area contributed by atoms with Gasteiger partial charge in [-0.15, -0.1) is 10.2 Å². The Labute approximate surface area is 173 Å². The van der Waals surface area contributed by atoms with Gasteiger partial charge in [0, 0.05) is 24.4 Å². The van der Waals surface area contributed by atoms with E-state index in [1.54, 1.807) is 10.6 Å². The van der Waals surface area contributed by atoms with Crippen LogP contribution in [0.2, 0.25) is 0 Å². The van der Waals surface area contributed by atoms with Gasteiger partial charge in [0.05, 0.1) is 29.9 Å². The maximum absolute atomic E-state index is 12.7. The van der Waals surface area contributed by atoms with Gasteiger partial charge in [-0.3, -0.25) is 0 Å². The molecule has 10 heteroatoms. The lowest BCUT2D eigenvalue weighted by molar-refractivity contribution is 0.204. The number of rotatable bonds is 7. The molecule has 0 aliphatic rings. The SMILES string of the molecule is COCCNS(=O)(=O)c1ccc(OC)c(-c2nnc3c4ccccc4c(C)nn23)c1. The molecule has 0 atom stereocenters. The zero-order valence-corrected chi connectivity index (χ0v) is 17.6. The normalized spacial score (nSPS) is 12.0. The van der Waals surface area contributed by atoms with Gasteiger partial charge in [0.15, 0.2) is 11.5 Å². The van der Waals surface area contributed by atoms with E-state index in [1.807, 2.05) is 31.2 Å². The number of aryl methyl sites for hydroxylation is 1. The van der Waals surface area contributed by atoms with Crippen LogP contribution in [0.5, 0.6) is 5.75 Å². The highest BCUT2D eigenvalue weighted by molar-refractivity contribution is 7.89. The van der Waals surface area contributed by atoms with E-state index in [-0.39, 0.29) is 18.0 Å². The van der Waals surface area contributed by atoms with Crippen molar-refractivity contribution in [1.29, 1.82) is 0 Å². The molecule has 30 heavy (non-hydrogen) atoms. The fourth-order valence-electron chi connectivity index (χ4n) is 3.30. The van der Waals surface area contributed by atoms with Crippen LogP contribution in [0.4, 0.5) is 0 Å². The Bertz CT molecular complexity index is 1330. The van der Waals surface area contributed by atoms with Crippen molar-refractivity contribution in [2.45, 2.75) is 11.8 Å². The highest BCUT2D eigenvalue weighted by Crippen LogP contribution is 2.32. The van der Waals surface area contributed by atoms with Crippen molar-refractivity contribution in [3.63, 3.8) is 0 Å². The molecule has 0 bridgehead atoms. The summed E-state index contributed by atoms with van der Waals surface area (Å²) in [6.45, 7) is 2.34. The van der Waals surface area contributed by atoms with Gasteiger partial charge >= 0.3 is 0 Å². The third-order valence-corrected chi connectivity index (χ3v) is 6.23. The highest BCUT2D eigenvalue weighted by Gasteiger charge is 2.21. The first-order valence-electron chi connectivity index (χ1n) is 9.24. The largest absolute Gasteiger partial charge is 0.496 e. The van der Waals surface area contributed by atoms with Crippen LogP contribution in [0.3, 0.4) is 0 Å². The van der Waals surface area contributed by atoms with Crippen LogP contribution in [0.1, 0.15) is 5.69 Å². The molecular formula is C20H21N5O4S. The number of hydrogen-bond acceptors (Lipinski definition) is 7. The third-order valence-electron chi connectivity index (χ3n) is 4.77. The minimum atomic E-state index is -3.73. The van der Waals surface area contributed by atoms with Gasteiger partial charge in [0.25, 0.3) is 0 Å². The summed E-state index contributed by atoms with van der Waals surface area (Å²) >= 11 is 0. The number of benzene rings is 2. The van der Waals surface area contributed by atoms with Crippen molar-refractivity contribution in [2.75, 3.05) is 27.4 Å². The molecule has 0 saturated heterocycles. The van der Waals surface area contributed by atoms with Crippen LogP contribution in [-0.2, 0) is 14.8 Å². The predicted molar refractivity (Wildman–Crippen MR) is 112 cm³/mol. The van der Waals surface area contributed by atoms with Crippen LogP contribution in [0.25, 0.3) is 27.8 Å². The van der Waals surface area contributed by atoms with Crippen molar-refractivity contribution in [3.05, 3.63) is 48.2 Å². The first-order valence-corrected chi connectivity index (χ1v) is 10.7. The molecule has 0 saturated carbocycles. The molecule has 156 valence electrons. The average molecular weight is 427 g/mol. The summed E-state index contributed by atoms with van der Waals surface area (Å²) in [6.07, 6.45) is 0. The first-order chi connectivity index (χ1) is 14.5. The molecule has 4 aromatic rings. The summed E-state index contributed by atoms with van der Waals surface area (Å²) < 4.78 is 39.8. The summed E-state index contributed by atoms with van der Waals surface area (Å²) in [5.41, 5.74) is 1.87. The van der Waals surface area contributed by atoms with E-state index in [2.05, 4.69) is 20.0 Å². The molecule has 4 rings (SSSR count). The summed E-state index contributed by atoms with van der Waals surface area (Å²) in [5.74, 6) is 0.859. The van der Waals surface area contributed by atoms with Crippen LogP contribution >= 0.6 is 0 Å². The summed E-state index contributed by atoms with van der Waals surface area (Å²) in [6, 6.07) is 12.4. The van der Waals surface area contributed by atoms with Gasteiger partial charge in [-0.25, -0.2) is 13.1 Å². The second-order valence-corrected chi connectivity index (χ2v) is 8.41. The van der Waals surface area contributed by atoms with Crippen molar-refractivity contribution in [1.82, 2.24) is 24.5 Å². The molecule has 0 spiro atoms. The fraction of sp³-hybridized carbons (Fsp3) is 0.250. The minimum absolute atomic E-state index is 0.0867. The number of aromatic nitrogens is 4. The molecule has 2 aromatic carbocycles. The summed E-state index contributed by atoms with van der Waals surface area (Å²) in [7, 11) is -0.707. The molecule has 2 heterocycles. The molecule has 0 radical (unpaired) electrons. The van der Waals surface area contributed by atoms with Crippen molar-refractivity contribution >= 4 is 26.4 Å². The van der Waals surface area contributed by atoms with E-state index in [4.69, 9.17) is 9.47 Å². The number of methoxy groups -OCH3 is 2. The van der Waals surface area contributed by atoms with Gasteiger partial charge in [-0.1, -0.05) is 24.3 Å². The van der Waals surface area contributed by atoms with Crippen molar-refractivity contribution in [2.24, 2.45) is 0 Å². The standard InChI is InChI=1S/C20H21N5O4S/c1-13-15-6-4-5-7-16(15)19-22-23-20(25(19)24-13)17-12-14(8-9-18(17)29-3)30(26,27)21-10-11-28-2/h4-9,12,21H,10-11H2,1-3H3. The summed E-state index contributed by atoms with van der Waals surface area (Å²) in [4.78, 5) is 0.0867. The molecule has 2 aromatic heterocycles. The van der Waals surface area contributed by atoms with E-state index in [9.17, 15) is 8.42 Å². The Morgan fingerprint density at radius 3 is 2.57 bits per heavy atom. The third kappa shape index (κ3) is 3.49. The lowest BCUT2D eigenvalue weighted by Crippen LogP contribution is -2.27. The second-order valence-electron chi connectivity index (χ2n) is 6.64. The number of sulfonamides is 1. The fourth-order valence-corrected chi connectivity index (χ4v) is 4.34. The lowest BCUT2D eigenvalue weighted by Gasteiger charge is -2.11. The minimum Gasteiger partial charge on any atom is -0.496 e. The van der Waals surface area contributed by atoms with E-state index < -0.39 is 10.0 Å². The highest BCUT2D eigenvalue weighted by atomic mass is 32.2. The Balaban J connectivity index is 1.89. The second kappa shape index (κ2) is 7.98. The molecule has 0 unspecified atom stereocenters. The van der Waals surface area contributed by atoms with E-state index in [1.165, 1.54) is 26.4 Å². The van der Waals surface area contributed by atoms with Crippen LogP contribution < -0.4 is 9.46 Å². The van der Waals surface area contributed by atoms with Gasteiger partial charge in [-0.05, 0) is 25.1 Å². The number of nitrogens with one attached hydrogen (secondary N) is 1.